The van der Waals surface area contributed by atoms with Gasteiger partial charge >= 0.3 is 12.0 Å². The topological polar surface area (TPSA) is 109 Å². The van der Waals surface area contributed by atoms with Gasteiger partial charge in [0.05, 0.1) is 5.92 Å². The van der Waals surface area contributed by atoms with Gasteiger partial charge in [0.2, 0.25) is 11.7 Å². The van der Waals surface area contributed by atoms with Crippen LogP contribution in [0.2, 0.25) is 0 Å². The molecule has 0 aliphatic heterocycles. The monoisotopic (exact) mass is 364 g/mol. The molecular weight excluding hydrogens is 343 g/mol. The molecule has 2 rings (SSSR count). The molecular formula is C17H21FN4O4. The number of hydrogen-bond acceptors (Lipinski definition) is 5. The number of hydrogen-bond donors (Lipinski definition) is 2. The Morgan fingerprint density at radius 2 is 2.04 bits per heavy atom. The zero-order chi connectivity index (χ0) is 19.1. The fraction of sp³-hybridized carbons (Fsp3) is 0.412. The predicted octanol–water partition coefficient (Wildman–Crippen LogP) is 2.17. The largest absolute Gasteiger partial charge is 0.481 e. The Hall–Kier alpha value is -2.97. The fourth-order valence-electron chi connectivity index (χ4n) is 2.21. The summed E-state index contributed by atoms with van der Waals surface area (Å²) >= 11 is 0. The maximum atomic E-state index is 12.9. The highest BCUT2D eigenvalue weighted by Crippen LogP contribution is 2.16. The molecule has 2 amide bonds. The lowest BCUT2D eigenvalue weighted by atomic mass is 10.2. The molecule has 1 aromatic carbocycles. The van der Waals surface area contributed by atoms with E-state index >= 15 is 0 Å². The first-order valence-electron chi connectivity index (χ1n) is 8.17. The van der Waals surface area contributed by atoms with Crippen molar-refractivity contribution in [3.8, 4) is 11.4 Å². The molecule has 1 aromatic heterocycles. The van der Waals surface area contributed by atoms with Crippen LogP contribution in [0.25, 0.3) is 11.4 Å². The molecule has 0 aliphatic rings. The van der Waals surface area contributed by atoms with E-state index in [2.05, 4.69) is 15.5 Å². The number of carbonyl (C=O) groups excluding carboxylic acids is 1. The van der Waals surface area contributed by atoms with Gasteiger partial charge in [0.15, 0.2) is 0 Å². The summed E-state index contributed by atoms with van der Waals surface area (Å²) < 4.78 is 18.1. The zero-order valence-electron chi connectivity index (χ0n) is 14.6. The molecule has 0 aliphatic carbocycles. The SMILES string of the molecule is CC(CN(C)C(=O)NCCCc1nc(-c2ccc(F)cc2)no1)C(=O)O. The number of aryl methyl sites for hydroxylation is 1. The molecule has 9 heteroatoms. The molecule has 0 radical (unpaired) electrons. The number of carbonyl (C=O) groups is 2. The Balaban J connectivity index is 1.74. The summed E-state index contributed by atoms with van der Waals surface area (Å²) in [7, 11) is 1.54. The van der Waals surface area contributed by atoms with Crippen molar-refractivity contribution in [2.45, 2.75) is 19.8 Å². The maximum Gasteiger partial charge on any atom is 0.317 e. The van der Waals surface area contributed by atoms with E-state index in [0.717, 1.165) is 0 Å². The van der Waals surface area contributed by atoms with E-state index in [1.165, 1.54) is 17.0 Å². The van der Waals surface area contributed by atoms with Gasteiger partial charge in [0.1, 0.15) is 5.82 Å². The number of urea groups is 1. The lowest BCUT2D eigenvalue weighted by Crippen LogP contribution is -2.41. The number of amides is 2. The van der Waals surface area contributed by atoms with Gasteiger partial charge in [-0.25, -0.2) is 9.18 Å². The summed E-state index contributed by atoms with van der Waals surface area (Å²) in [4.78, 5) is 28.2. The summed E-state index contributed by atoms with van der Waals surface area (Å²) in [5.74, 6) is -1.11. The van der Waals surface area contributed by atoms with Crippen LogP contribution < -0.4 is 5.32 Å². The van der Waals surface area contributed by atoms with Crippen LogP contribution in [0.5, 0.6) is 0 Å². The van der Waals surface area contributed by atoms with E-state index in [1.54, 1.807) is 26.1 Å². The molecule has 0 saturated carbocycles. The Kier molecular flexibility index (Phi) is 6.65. The molecule has 2 aromatic rings. The Morgan fingerprint density at radius 3 is 2.69 bits per heavy atom. The van der Waals surface area contributed by atoms with E-state index in [-0.39, 0.29) is 18.4 Å². The first-order valence-corrected chi connectivity index (χ1v) is 8.17. The number of rotatable bonds is 8. The lowest BCUT2D eigenvalue weighted by Gasteiger charge is -2.19. The first-order chi connectivity index (χ1) is 12.4. The summed E-state index contributed by atoms with van der Waals surface area (Å²) in [5, 5.41) is 15.4. The molecule has 1 heterocycles. The van der Waals surface area contributed by atoms with Crippen LogP contribution in [0.1, 0.15) is 19.2 Å². The fourth-order valence-corrected chi connectivity index (χ4v) is 2.21. The smallest absolute Gasteiger partial charge is 0.317 e. The predicted molar refractivity (Wildman–Crippen MR) is 90.8 cm³/mol. The van der Waals surface area contributed by atoms with E-state index in [9.17, 15) is 14.0 Å². The van der Waals surface area contributed by atoms with Crippen molar-refractivity contribution in [2.75, 3.05) is 20.1 Å². The second-order valence-corrected chi connectivity index (χ2v) is 5.97. The van der Waals surface area contributed by atoms with E-state index < -0.39 is 11.9 Å². The standard InChI is InChI=1S/C17H21FN4O4/c1-11(16(23)24)10-22(2)17(25)19-9-3-4-14-20-15(21-26-14)12-5-7-13(18)8-6-12/h5-8,11H,3-4,9-10H2,1-2H3,(H,19,25)(H,23,24). The number of aliphatic carboxylic acids is 1. The second kappa shape index (κ2) is 8.93. The molecule has 8 nitrogen and oxygen atoms in total. The Morgan fingerprint density at radius 1 is 1.35 bits per heavy atom. The van der Waals surface area contributed by atoms with Crippen molar-refractivity contribution >= 4 is 12.0 Å². The van der Waals surface area contributed by atoms with Gasteiger partial charge < -0.3 is 19.8 Å². The lowest BCUT2D eigenvalue weighted by molar-refractivity contribution is -0.141. The normalized spacial score (nSPS) is 11.8. The molecule has 0 spiro atoms. The number of benzene rings is 1. The van der Waals surface area contributed by atoms with Crippen molar-refractivity contribution < 1.29 is 23.6 Å². The third-order valence-corrected chi connectivity index (χ3v) is 3.73. The van der Waals surface area contributed by atoms with Gasteiger partial charge in [-0.3, -0.25) is 4.79 Å². The average Bonchev–Trinajstić information content (AvgIpc) is 3.07. The summed E-state index contributed by atoms with van der Waals surface area (Å²) in [6, 6.07) is 5.44. The van der Waals surface area contributed by atoms with Crippen molar-refractivity contribution in [1.29, 1.82) is 0 Å². The highest BCUT2D eigenvalue weighted by molar-refractivity contribution is 5.75. The van der Waals surface area contributed by atoms with Gasteiger partial charge in [-0.1, -0.05) is 12.1 Å². The van der Waals surface area contributed by atoms with E-state index in [1.807, 2.05) is 0 Å². The van der Waals surface area contributed by atoms with Crippen LogP contribution in [0.4, 0.5) is 9.18 Å². The molecule has 1 unspecified atom stereocenters. The molecule has 0 fully saturated rings. The molecule has 140 valence electrons. The highest BCUT2D eigenvalue weighted by Gasteiger charge is 2.17. The van der Waals surface area contributed by atoms with Crippen LogP contribution in [0.15, 0.2) is 28.8 Å². The number of nitrogens with one attached hydrogen (secondary N) is 1. The maximum absolute atomic E-state index is 12.9. The van der Waals surface area contributed by atoms with E-state index in [0.29, 0.717) is 36.7 Å². The van der Waals surface area contributed by atoms with Gasteiger partial charge in [0, 0.05) is 32.1 Å². The van der Waals surface area contributed by atoms with Crippen molar-refractivity contribution in [1.82, 2.24) is 20.4 Å². The van der Waals surface area contributed by atoms with Gasteiger partial charge in [-0.15, -0.1) is 0 Å². The quantitative estimate of drug-likeness (QED) is 0.695. The van der Waals surface area contributed by atoms with E-state index in [4.69, 9.17) is 9.63 Å². The van der Waals surface area contributed by atoms with Crippen LogP contribution >= 0.6 is 0 Å². The van der Waals surface area contributed by atoms with Gasteiger partial charge in [-0.2, -0.15) is 4.98 Å². The summed E-state index contributed by atoms with van der Waals surface area (Å²) in [6.45, 7) is 2.06. The third kappa shape index (κ3) is 5.54. The van der Waals surface area contributed by atoms with Crippen LogP contribution in [0, 0.1) is 11.7 Å². The molecule has 0 saturated heterocycles. The number of aromatic nitrogens is 2. The number of nitrogens with zero attached hydrogens (tertiary/aromatic N) is 3. The first kappa shape index (κ1) is 19.4. The average molecular weight is 364 g/mol. The van der Waals surface area contributed by atoms with Crippen LogP contribution in [-0.2, 0) is 11.2 Å². The summed E-state index contributed by atoms with van der Waals surface area (Å²) in [5.41, 5.74) is 0.656. The van der Waals surface area contributed by atoms with Gasteiger partial charge in [-0.05, 0) is 30.7 Å². The van der Waals surface area contributed by atoms with Crippen molar-refractivity contribution in [3.05, 3.63) is 36.0 Å². The van der Waals surface area contributed by atoms with Crippen LogP contribution in [-0.4, -0.2) is 52.3 Å². The number of carboxylic acid groups (broad SMARTS) is 1. The van der Waals surface area contributed by atoms with Crippen molar-refractivity contribution in [3.63, 3.8) is 0 Å². The zero-order valence-corrected chi connectivity index (χ0v) is 14.6. The second-order valence-electron chi connectivity index (χ2n) is 5.97. The van der Waals surface area contributed by atoms with Crippen molar-refractivity contribution in [2.24, 2.45) is 5.92 Å². The minimum Gasteiger partial charge on any atom is -0.481 e. The summed E-state index contributed by atoms with van der Waals surface area (Å²) in [6.07, 6.45) is 1.06. The number of halogens is 1. The molecule has 2 N–H and O–H groups in total. The molecule has 0 bridgehead atoms. The minimum atomic E-state index is -0.946. The Bertz CT molecular complexity index is 747. The third-order valence-electron chi connectivity index (χ3n) is 3.73. The number of carboxylic acids is 1. The Labute approximate surface area is 150 Å². The molecule has 26 heavy (non-hydrogen) atoms. The van der Waals surface area contributed by atoms with Gasteiger partial charge in [0.25, 0.3) is 0 Å². The molecule has 1 atom stereocenters. The highest BCUT2D eigenvalue weighted by atomic mass is 19.1. The minimum absolute atomic E-state index is 0.131. The van der Waals surface area contributed by atoms with Crippen LogP contribution in [0.3, 0.4) is 0 Å².